The molecule has 0 aliphatic carbocycles. The third-order valence-corrected chi connectivity index (χ3v) is 4.00. The Kier molecular flexibility index (Phi) is 3.86. The molecule has 0 aromatic carbocycles. The molecule has 2 aromatic rings. The molecule has 1 unspecified atom stereocenters. The molecule has 2 aromatic heterocycles. The first-order chi connectivity index (χ1) is 8.18. The van der Waals surface area contributed by atoms with Gasteiger partial charge >= 0.3 is 0 Å². The van der Waals surface area contributed by atoms with E-state index >= 15 is 0 Å². The lowest BCUT2D eigenvalue weighted by atomic mass is 10.1. The Morgan fingerprint density at radius 3 is 2.47 bits per heavy atom. The molecule has 1 N–H and O–H groups in total. The molecule has 0 fully saturated rings. The highest BCUT2D eigenvalue weighted by atomic mass is 32.1. The van der Waals surface area contributed by atoms with Crippen molar-refractivity contribution in [2.24, 2.45) is 0 Å². The van der Waals surface area contributed by atoms with Crippen molar-refractivity contribution in [2.75, 3.05) is 0 Å². The van der Waals surface area contributed by atoms with Crippen molar-refractivity contribution in [1.29, 1.82) is 0 Å². The van der Waals surface area contributed by atoms with Gasteiger partial charge in [-0.3, -0.25) is 4.98 Å². The van der Waals surface area contributed by atoms with Crippen LogP contribution in [0.5, 0.6) is 0 Å². The quantitative estimate of drug-likeness (QED) is 0.901. The van der Waals surface area contributed by atoms with Crippen LogP contribution in [0.1, 0.15) is 42.1 Å². The summed E-state index contributed by atoms with van der Waals surface area (Å²) in [6.45, 7) is 6.40. The maximum Gasteiger partial charge on any atom is 0.0798 e. The van der Waals surface area contributed by atoms with Crippen molar-refractivity contribution >= 4 is 11.3 Å². The number of pyridine rings is 1. The Morgan fingerprint density at radius 1 is 1.18 bits per heavy atom. The van der Waals surface area contributed by atoms with Gasteiger partial charge in [-0.2, -0.15) is 0 Å². The zero-order valence-corrected chi connectivity index (χ0v) is 11.2. The molecule has 0 amide bonds. The van der Waals surface area contributed by atoms with Crippen molar-refractivity contribution in [3.8, 4) is 0 Å². The minimum atomic E-state index is 0.314. The van der Waals surface area contributed by atoms with E-state index in [1.165, 1.54) is 10.4 Å². The van der Waals surface area contributed by atoms with Gasteiger partial charge in [0.2, 0.25) is 0 Å². The van der Waals surface area contributed by atoms with Crippen LogP contribution in [0.15, 0.2) is 30.0 Å². The number of aryl methyl sites for hydroxylation is 1. The molecule has 3 nitrogen and oxygen atoms in total. The lowest BCUT2D eigenvalue weighted by Gasteiger charge is -2.19. The van der Waals surface area contributed by atoms with Crippen LogP contribution in [0.2, 0.25) is 0 Å². The number of hydrogen-bond acceptors (Lipinski definition) is 4. The van der Waals surface area contributed by atoms with Gasteiger partial charge in [-0.05, 0) is 38.5 Å². The largest absolute Gasteiger partial charge is 0.303 e. The summed E-state index contributed by atoms with van der Waals surface area (Å²) in [4.78, 5) is 9.63. The minimum Gasteiger partial charge on any atom is -0.303 e. The molecule has 4 heteroatoms. The van der Waals surface area contributed by atoms with E-state index in [0.29, 0.717) is 12.1 Å². The first kappa shape index (κ1) is 12.2. The summed E-state index contributed by atoms with van der Waals surface area (Å²) in [7, 11) is 0. The Labute approximate surface area is 106 Å². The van der Waals surface area contributed by atoms with Crippen LogP contribution in [0.4, 0.5) is 0 Å². The van der Waals surface area contributed by atoms with Gasteiger partial charge in [0, 0.05) is 29.4 Å². The first-order valence-electron chi connectivity index (χ1n) is 5.74. The van der Waals surface area contributed by atoms with Crippen LogP contribution in [0.3, 0.4) is 0 Å². The number of rotatable bonds is 4. The molecule has 0 bridgehead atoms. The summed E-state index contributed by atoms with van der Waals surface area (Å²) < 4.78 is 0. The molecule has 17 heavy (non-hydrogen) atoms. The van der Waals surface area contributed by atoms with E-state index in [1.807, 2.05) is 30.0 Å². The second-order valence-electron chi connectivity index (χ2n) is 4.19. The molecule has 0 saturated heterocycles. The van der Waals surface area contributed by atoms with Crippen LogP contribution in [0.25, 0.3) is 0 Å². The molecular formula is C13H17N3S. The highest BCUT2D eigenvalue weighted by Crippen LogP contribution is 2.24. The third-order valence-electron chi connectivity index (χ3n) is 2.88. The summed E-state index contributed by atoms with van der Waals surface area (Å²) in [5.74, 6) is 0. The smallest absolute Gasteiger partial charge is 0.0798 e. The van der Waals surface area contributed by atoms with Gasteiger partial charge in [-0.25, -0.2) is 4.98 Å². The monoisotopic (exact) mass is 247 g/mol. The Hall–Kier alpha value is -1.26. The molecule has 2 heterocycles. The topological polar surface area (TPSA) is 37.8 Å². The summed E-state index contributed by atoms with van der Waals surface area (Å²) in [5, 5.41) is 3.58. The van der Waals surface area contributed by atoms with E-state index in [9.17, 15) is 0 Å². The van der Waals surface area contributed by atoms with Gasteiger partial charge in [0.1, 0.15) is 0 Å². The zero-order valence-electron chi connectivity index (χ0n) is 10.3. The van der Waals surface area contributed by atoms with Crippen molar-refractivity contribution < 1.29 is 0 Å². The predicted octanol–water partition coefficient (Wildman–Crippen LogP) is 3.26. The molecular weight excluding hydrogens is 230 g/mol. The van der Waals surface area contributed by atoms with Crippen molar-refractivity contribution in [2.45, 2.75) is 32.9 Å². The van der Waals surface area contributed by atoms with Gasteiger partial charge in [0.15, 0.2) is 0 Å². The van der Waals surface area contributed by atoms with Crippen LogP contribution < -0.4 is 5.32 Å². The predicted molar refractivity (Wildman–Crippen MR) is 71.1 cm³/mol. The summed E-state index contributed by atoms with van der Waals surface area (Å²) in [6, 6.07) is 4.73. The van der Waals surface area contributed by atoms with Crippen LogP contribution in [-0.2, 0) is 0 Å². The molecule has 90 valence electrons. The number of nitrogens with one attached hydrogen (secondary N) is 1. The second kappa shape index (κ2) is 5.38. The van der Waals surface area contributed by atoms with Crippen LogP contribution >= 0.6 is 11.3 Å². The molecule has 2 rings (SSSR count). The Bertz CT molecular complexity index is 467. The van der Waals surface area contributed by atoms with Crippen LogP contribution in [0, 0.1) is 6.92 Å². The van der Waals surface area contributed by atoms with E-state index < -0.39 is 0 Å². The van der Waals surface area contributed by atoms with Crippen molar-refractivity contribution in [1.82, 2.24) is 15.3 Å². The second-order valence-corrected chi connectivity index (χ2v) is 5.08. The minimum absolute atomic E-state index is 0.314. The number of aromatic nitrogens is 2. The summed E-state index contributed by atoms with van der Waals surface area (Å²) >= 11 is 1.71. The fourth-order valence-electron chi connectivity index (χ4n) is 1.93. The average molecular weight is 247 g/mol. The molecule has 0 radical (unpaired) electrons. The fourth-order valence-corrected chi connectivity index (χ4v) is 2.75. The van der Waals surface area contributed by atoms with Gasteiger partial charge in [0.05, 0.1) is 11.2 Å². The van der Waals surface area contributed by atoms with Crippen molar-refractivity contribution in [3.63, 3.8) is 0 Å². The molecule has 2 atom stereocenters. The fraction of sp³-hybridized carbons (Fsp3) is 0.385. The van der Waals surface area contributed by atoms with E-state index in [1.54, 1.807) is 11.3 Å². The zero-order chi connectivity index (χ0) is 12.3. The van der Waals surface area contributed by atoms with E-state index in [2.05, 4.69) is 36.1 Å². The summed E-state index contributed by atoms with van der Waals surface area (Å²) in [5.41, 5.74) is 4.28. The highest BCUT2D eigenvalue weighted by molar-refractivity contribution is 7.09. The SMILES string of the molecule is Cc1ncsc1C(C)N[C@@H](C)c1ccncc1. The van der Waals surface area contributed by atoms with E-state index in [4.69, 9.17) is 0 Å². The maximum atomic E-state index is 4.29. The van der Waals surface area contributed by atoms with Gasteiger partial charge in [-0.15, -0.1) is 11.3 Å². The normalized spacial score (nSPS) is 14.5. The van der Waals surface area contributed by atoms with Gasteiger partial charge < -0.3 is 5.32 Å². The highest BCUT2D eigenvalue weighted by Gasteiger charge is 2.14. The number of thiazole rings is 1. The molecule has 0 saturated carbocycles. The van der Waals surface area contributed by atoms with E-state index in [0.717, 1.165) is 5.69 Å². The third kappa shape index (κ3) is 2.90. The van der Waals surface area contributed by atoms with Crippen molar-refractivity contribution in [3.05, 3.63) is 46.2 Å². The maximum absolute atomic E-state index is 4.29. The molecule has 0 aliphatic rings. The van der Waals surface area contributed by atoms with Crippen LogP contribution in [-0.4, -0.2) is 9.97 Å². The Morgan fingerprint density at radius 2 is 1.88 bits per heavy atom. The lowest BCUT2D eigenvalue weighted by molar-refractivity contribution is 0.498. The van der Waals surface area contributed by atoms with E-state index in [-0.39, 0.29) is 0 Å². The average Bonchev–Trinajstić information content (AvgIpc) is 2.76. The molecule has 0 aliphatic heterocycles. The summed E-state index contributed by atoms with van der Waals surface area (Å²) in [6.07, 6.45) is 3.66. The first-order valence-corrected chi connectivity index (χ1v) is 6.62. The molecule has 0 spiro atoms. The Balaban J connectivity index is 2.05. The number of nitrogens with zero attached hydrogens (tertiary/aromatic N) is 2. The number of hydrogen-bond donors (Lipinski definition) is 1. The van der Waals surface area contributed by atoms with Gasteiger partial charge in [0.25, 0.3) is 0 Å². The lowest BCUT2D eigenvalue weighted by Crippen LogP contribution is -2.22. The van der Waals surface area contributed by atoms with Gasteiger partial charge in [-0.1, -0.05) is 0 Å². The standard InChI is InChI=1S/C13H17N3S/c1-9(12-4-6-14-7-5-12)16-11(3)13-10(2)15-8-17-13/h4-9,11,16H,1-3H3/t9-,11?/m0/s1.